The zero-order valence-corrected chi connectivity index (χ0v) is 14.8. The van der Waals surface area contributed by atoms with Crippen LogP contribution < -0.4 is 5.32 Å². The third-order valence-corrected chi connectivity index (χ3v) is 4.23. The number of fused-ring (bicyclic) bond motifs is 1. The monoisotopic (exact) mass is 379 g/mol. The van der Waals surface area contributed by atoms with Crippen LogP contribution in [0.15, 0.2) is 71.3 Å². The molecule has 2 heterocycles. The van der Waals surface area contributed by atoms with Gasteiger partial charge >= 0.3 is 5.92 Å². The number of oxazole rings is 1. The van der Waals surface area contributed by atoms with Crippen LogP contribution >= 0.6 is 0 Å². The standard InChI is InChI=1S/C21H15F2N3O2/c1-13-5-7-14(8-6-13)21(22,23)20(27)25-15-9-10-16-18(12-15)28-19(26-16)17-4-2-3-11-24-17/h2-12H,1H3,(H,25,27). The maximum absolute atomic E-state index is 14.5. The van der Waals surface area contributed by atoms with Crippen molar-refractivity contribution in [3.8, 4) is 11.6 Å². The van der Waals surface area contributed by atoms with E-state index < -0.39 is 11.8 Å². The third-order valence-electron chi connectivity index (χ3n) is 4.23. The van der Waals surface area contributed by atoms with Crippen LogP contribution in [0.25, 0.3) is 22.7 Å². The lowest BCUT2D eigenvalue weighted by atomic mass is 10.1. The van der Waals surface area contributed by atoms with Crippen LogP contribution in [0, 0.1) is 6.92 Å². The summed E-state index contributed by atoms with van der Waals surface area (Å²) in [6.45, 7) is 1.79. The van der Waals surface area contributed by atoms with Crippen molar-refractivity contribution in [2.24, 2.45) is 0 Å². The Morgan fingerprint density at radius 2 is 1.86 bits per heavy atom. The quantitative estimate of drug-likeness (QED) is 0.546. The first-order valence-corrected chi connectivity index (χ1v) is 8.52. The lowest BCUT2D eigenvalue weighted by Gasteiger charge is -2.16. The van der Waals surface area contributed by atoms with E-state index in [2.05, 4.69) is 15.3 Å². The molecule has 4 aromatic rings. The van der Waals surface area contributed by atoms with Gasteiger partial charge in [0.1, 0.15) is 11.2 Å². The van der Waals surface area contributed by atoms with E-state index in [4.69, 9.17) is 4.42 Å². The zero-order valence-electron chi connectivity index (χ0n) is 14.8. The molecule has 2 aromatic heterocycles. The van der Waals surface area contributed by atoms with Gasteiger partial charge in [-0.1, -0.05) is 35.9 Å². The normalized spacial score (nSPS) is 11.5. The van der Waals surface area contributed by atoms with Gasteiger partial charge in [0.05, 0.1) is 0 Å². The Balaban J connectivity index is 1.59. The first-order valence-electron chi connectivity index (χ1n) is 8.52. The van der Waals surface area contributed by atoms with Gasteiger partial charge in [0.15, 0.2) is 5.58 Å². The molecule has 0 aliphatic heterocycles. The van der Waals surface area contributed by atoms with Crippen LogP contribution in [0.1, 0.15) is 11.1 Å². The van der Waals surface area contributed by atoms with Crippen LogP contribution in [-0.4, -0.2) is 15.9 Å². The summed E-state index contributed by atoms with van der Waals surface area (Å²) in [5.41, 5.74) is 2.09. The number of anilines is 1. The molecule has 0 aliphatic carbocycles. The molecule has 7 heteroatoms. The molecular weight excluding hydrogens is 364 g/mol. The van der Waals surface area contributed by atoms with Gasteiger partial charge in [0, 0.05) is 23.5 Å². The number of hydrogen-bond acceptors (Lipinski definition) is 4. The highest BCUT2D eigenvalue weighted by molar-refractivity contribution is 5.98. The number of pyridine rings is 1. The molecule has 0 saturated heterocycles. The van der Waals surface area contributed by atoms with Crippen LogP contribution in [0.4, 0.5) is 14.5 Å². The van der Waals surface area contributed by atoms with E-state index in [0.29, 0.717) is 22.7 Å². The molecule has 0 radical (unpaired) electrons. The number of carbonyl (C=O) groups is 1. The van der Waals surface area contributed by atoms with Crippen LogP contribution in [0.5, 0.6) is 0 Å². The number of nitrogens with one attached hydrogen (secondary N) is 1. The second kappa shape index (κ2) is 6.84. The van der Waals surface area contributed by atoms with Crippen molar-refractivity contribution in [1.82, 2.24) is 9.97 Å². The Kier molecular flexibility index (Phi) is 4.35. The minimum atomic E-state index is -3.66. The van der Waals surface area contributed by atoms with Gasteiger partial charge in [0.2, 0.25) is 5.89 Å². The number of halogens is 2. The molecule has 5 nitrogen and oxygen atoms in total. The molecule has 28 heavy (non-hydrogen) atoms. The fourth-order valence-electron chi connectivity index (χ4n) is 2.70. The predicted molar refractivity (Wildman–Crippen MR) is 101 cm³/mol. The molecule has 0 spiro atoms. The maximum Gasteiger partial charge on any atom is 0.350 e. The highest BCUT2D eigenvalue weighted by atomic mass is 19.3. The highest BCUT2D eigenvalue weighted by Crippen LogP contribution is 2.31. The van der Waals surface area contributed by atoms with E-state index in [9.17, 15) is 13.6 Å². The Bertz CT molecular complexity index is 1140. The topological polar surface area (TPSA) is 68.0 Å². The van der Waals surface area contributed by atoms with Gasteiger partial charge in [-0.05, 0) is 31.2 Å². The fraction of sp³-hybridized carbons (Fsp3) is 0.0952. The zero-order chi connectivity index (χ0) is 19.7. The maximum atomic E-state index is 14.5. The van der Waals surface area contributed by atoms with Crippen molar-refractivity contribution >= 4 is 22.7 Å². The molecule has 4 rings (SSSR count). The van der Waals surface area contributed by atoms with Crippen molar-refractivity contribution in [3.63, 3.8) is 0 Å². The Morgan fingerprint density at radius 3 is 2.57 bits per heavy atom. The number of aromatic nitrogens is 2. The van der Waals surface area contributed by atoms with E-state index in [0.717, 1.165) is 5.56 Å². The van der Waals surface area contributed by atoms with E-state index in [1.54, 1.807) is 37.4 Å². The van der Waals surface area contributed by atoms with Crippen molar-refractivity contribution in [1.29, 1.82) is 0 Å². The molecule has 140 valence electrons. The molecule has 0 bridgehead atoms. The predicted octanol–water partition coefficient (Wildman–Crippen LogP) is 4.93. The first kappa shape index (κ1) is 17.8. The van der Waals surface area contributed by atoms with Crippen molar-refractivity contribution in [2.45, 2.75) is 12.8 Å². The number of carbonyl (C=O) groups excluding carboxylic acids is 1. The van der Waals surface area contributed by atoms with Crippen LogP contribution in [-0.2, 0) is 10.7 Å². The number of alkyl halides is 2. The SMILES string of the molecule is Cc1ccc(C(F)(F)C(=O)Nc2ccc3nc(-c4ccccn4)oc3c2)cc1. The molecule has 0 saturated carbocycles. The summed E-state index contributed by atoms with van der Waals surface area (Å²) in [5, 5.41) is 2.24. The van der Waals surface area contributed by atoms with E-state index in [1.807, 2.05) is 0 Å². The Morgan fingerprint density at radius 1 is 1.07 bits per heavy atom. The molecule has 0 unspecified atom stereocenters. The minimum absolute atomic E-state index is 0.188. The largest absolute Gasteiger partial charge is 0.435 e. The fourth-order valence-corrected chi connectivity index (χ4v) is 2.70. The molecule has 0 atom stereocenters. The van der Waals surface area contributed by atoms with Gasteiger partial charge in [-0.15, -0.1) is 0 Å². The van der Waals surface area contributed by atoms with Crippen LogP contribution in [0.2, 0.25) is 0 Å². The summed E-state index contributed by atoms with van der Waals surface area (Å²) in [6, 6.07) is 15.4. The number of nitrogens with zero attached hydrogens (tertiary/aromatic N) is 2. The summed E-state index contributed by atoms with van der Waals surface area (Å²) in [7, 11) is 0. The molecule has 0 fully saturated rings. The van der Waals surface area contributed by atoms with Crippen molar-refractivity contribution < 1.29 is 18.0 Å². The highest BCUT2D eigenvalue weighted by Gasteiger charge is 2.40. The van der Waals surface area contributed by atoms with Crippen molar-refractivity contribution in [3.05, 3.63) is 78.0 Å². The van der Waals surface area contributed by atoms with E-state index in [1.165, 1.54) is 36.4 Å². The number of hydrogen-bond donors (Lipinski definition) is 1. The van der Waals surface area contributed by atoms with Gasteiger partial charge in [-0.2, -0.15) is 8.78 Å². The average Bonchev–Trinajstić information content (AvgIpc) is 3.12. The minimum Gasteiger partial charge on any atom is -0.435 e. The molecule has 2 aromatic carbocycles. The number of amides is 1. The summed E-state index contributed by atoms with van der Waals surface area (Å²) in [6.07, 6.45) is 1.61. The number of aryl methyl sites for hydroxylation is 1. The summed E-state index contributed by atoms with van der Waals surface area (Å²) in [5.74, 6) is -4.77. The second-order valence-electron chi connectivity index (χ2n) is 6.31. The number of benzene rings is 2. The van der Waals surface area contributed by atoms with E-state index in [-0.39, 0.29) is 11.3 Å². The Hall–Kier alpha value is -3.61. The summed E-state index contributed by atoms with van der Waals surface area (Å²) < 4.78 is 34.5. The average molecular weight is 379 g/mol. The third kappa shape index (κ3) is 3.34. The van der Waals surface area contributed by atoms with Gasteiger partial charge in [-0.25, -0.2) is 4.98 Å². The van der Waals surface area contributed by atoms with Gasteiger partial charge in [-0.3, -0.25) is 9.78 Å². The number of rotatable bonds is 4. The first-order chi connectivity index (χ1) is 13.4. The van der Waals surface area contributed by atoms with Gasteiger partial charge in [0.25, 0.3) is 5.91 Å². The summed E-state index contributed by atoms with van der Waals surface area (Å²) >= 11 is 0. The second-order valence-corrected chi connectivity index (χ2v) is 6.31. The smallest absolute Gasteiger partial charge is 0.350 e. The van der Waals surface area contributed by atoms with Crippen molar-refractivity contribution in [2.75, 3.05) is 5.32 Å². The lowest BCUT2D eigenvalue weighted by molar-refractivity contribution is -0.140. The summed E-state index contributed by atoms with van der Waals surface area (Å²) in [4.78, 5) is 20.6. The molecule has 1 amide bonds. The van der Waals surface area contributed by atoms with Crippen LogP contribution in [0.3, 0.4) is 0 Å². The van der Waals surface area contributed by atoms with E-state index >= 15 is 0 Å². The van der Waals surface area contributed by atoms with Gasteiger partial charge < -0.3 is 9.73 Å². The molecule has 1 N–H and O–H groups in total. The Labute approximate surface area is 159 Å². The molecular formula is C21H15F2N3O2. The molecule has 0 aliphatic rings. The lowest BCUT2D eigenvalue weighted by Crippen LogP contribution is -2.32.